The van der Waals surface area contributed by atoms with E-state index in [9.17, 15) is 9.90 Å². The van der Waals surface area contributed by atoms with E-state index in [0.717, 1.165) is 24.9 Å². The average Bonchev–Trinajstić information content (AvgIpc) is 2.33. The van der Waals surface area contributed by atoms with E-state index in [2.05, 4.69) is 10.6 Å². The van der Waals surface area contributed by atoms with Crippen molar-refractivity contribution in [3.8, 4) is 0 Å². The second-order valence-electron chi connectivity index (χ2n) is 4.56. The summed E-state index contributed by atoms with van der Waals surface area (Å²) in [5, 5.41) is 15.7. The SMILES string of the molecule is CNc1ccccc1C(=O)NCC1(O)CCC1. The summed E-state index contributed by atoms with van der Waals surface area (Å²) < 4.78 is 0. The first-order chi connectivity index (χ1) is 8.14. The number of hydrogen-bond donors (Lipinski definition) is 3. The Hall–Kier alpha value is -1.55. The van der Waals surface area contributed by atoms with E-state index in [4.69, 9.17) is 0 Å². The average molecular weight is 234 g/mol. The van der Waals surface area contributed by atoms with Crippen LogP contribution in [-0.4, -0.2) is 30.2 Å². The fraction of sp³-hybridized carbons (Fsp3) is 0.462. The van der Waals surface area contributed by atoms with Crippen molar-refractivity contribution in [1.29, 1.82) is 0 Å². The van der Waals surface area contributed by atoms with Crippen LogP contribution in [0.4, 0.5) is 5.69 Å². The zero-order valence-corrected chi connectivity index (χ0v) is 9.99. The minimum Gasteiger partial charge on any atom is -0.388 e. The van der Waals surface area contributed by atoms with Gasteiger partial charge in [0.05, 0.1) is 11.2 Å². The topological polar surface area (TPSA) is 61.4 Å². The van der Waals surface area contributed by atoms with Gasteiger partial charge in [-0.15, -0.1) is 0 Å². The molecular formula is C13H18N2O2. The Balaban J connectivity index is 1.99. The number of hydrogen-bond acceptors (Lipinski definition) is 3. The summed E-state index contributed by atoms with van der Waals surface area (Å²) >= 11 is 0. The van der Waals surface area contributed by atoms with Gasteiger partial charge in [0, 0.05) is 19.3 Å². The van der Waals surface area contributed by atoms with Crippen molar-refractivity contribution < 1.29 is 9.90 Å². The van der Waals surface area contributed by atoms with Crippen LogP contribution in [0.2, 0.25) is 0 Å². The van der Waals surface area contributed by atoms with Crippen LogP contribution < -0.4 is 10.6 Å². The third-order valence-electron chi connectivity index (χ3n) is 3.30. The third kappa shape index (κ3) is 2.58. The molecule has 0 heterocycles. The molecule has 17 heavy (non-hydrogen) atoms. The Labute approximate surface area is 101 Å². The maximum atomic E-state index is 11.9. The molecular weight excluding hydrogens is 216 g/mol. The van der Waals surface area contributed by atoms with Crippen LogP contribution in [0.5, 0.6) is 0 Å². The highest BCUT2D eigenvalue weighted by atomic mass is 16.3. The second-order valence-corrected chi connectivity index (χ2v) is 4.56. The van der Waals surface area contributed by atoms with Crippen molar-refractivity contribution in [2.75, 3.05) is 18.9 Å². The maximum Gasteiger partial charge on any atom is 0.253 e. The van der Waals surface area contributed by atoms with Crippen molar-refractivity contribution in [3.63, 3.8) is 0 Å². The van der Waals surface area contributed by atoms with Gasteiger partial charge in [0.15, 0.2) is 0 Å². The molecule has 92 valence electrons. The zero-order valence-electron chi connectivity index (χ0n) is 9.99. The van der Waals surface area contributed by atoms with E-state index < -0.39 is 5.60 Å². The van der Waals surface area contributed by atoms with Gasteiger partial charge in [-0.2, -0.15) is 0 Å². The number of nitrogens with one attached hydrogen (secondary N) is 2. The molecule has 1 aromatic rings. The van der Waals surface area contributed by atoms with Gasteiger partial charge >= 0.3 is 0 Å². The van der Waals surface area contributed by atoms with Crippen molar-refractivity contribution in [2.45, 2.75) is 24.9 Å². The molecule has 4 nitrogen and oxygen atoms in total. The first-order valence-electron chi connectivity index (χ1n) is 5.92. The first kappa shape index (κ1) is 11.9. The minimum atomic E-state index is -0.676. The Morgan fingerprint density at radius 1 is 1.41 bits per heavy atom. The van der Waals surface area contributed by atoms with Crippen molar-refractivity contribution in [1.82, 2.24) is 5.32 Å². The van der Waals surface area contributed by atoms with Crippen LogP contribution in [0.15, 0.2) is 24.3 Å². The molecule has 0 spiro atoms. The molecule has 0 aromatic heterocycles. The summed E-state index contributed by atoms with van der Waals surface area (Å²) in [6.45, 7) is 0.337. The van der Waals surface area contributed by atoms with Crippen LogP contribution in [0.1, 0.15) is 29.6 Å². The number of para-hydroxylation sites is 1. The third-order valence-corrected chi connectivity index (χ3v) is 3.30. The molecule has 1 aliphatic carbocycles. The molecule has 0 bridgehead atoms. The molecule has 0 saturated heterocycles. The number of carbonyl (C=O) groups is 1. The van der Waals surface area contributed by atoms with E-state index in [1.54, 1.807) is 13.1 Å². The van der Waals surface area contributed by atoms with Gasteiger partial charge in [-0.3, -0.25) is 4.79 Å². The van der Waals surface area contributed by atoms with E-state index >= 15 is 0 Å². The zero-order chi connectivity index (χ0) is 12.3. The first-order valence-corrected chi connectivity index (χ1v) is 5.92. The fourth-order valence-electron chi connectivity index (χ4n) is 2.00. The monoisotopic (exact) mass is 234 g/mol. The molecule has 1 aromatic carbocycles. The van der Waals surface area contributed by atoms with Crippen LogP contribution in [-0.2, 0) is 0 Å². The second kappa shape index (κ2) is 4.75. The predicted molar refractivity (Wildman–Crippen MR) is 67.1 cm³/mol. The van der Waals surface area contributed by atoms with Crippen molar-refractivity contribution >= 4 is 11.6 Å². The van der Waals surface area contributed by atoms with Gasteiger partial charge in [0.25, 0.3) is 5.91 Å². The summed E-state index contributed by atoms with van der Waals surface area (Å²) in [7, 11) is 1.78. The summed E-state index contributed by atoms with van der Waals surface area (Å²) in [4.78, 5) is 11.9. The minimum absolute atomic E-state index is 0.143. The quantitative estimate of drug-likeness (QED) is 0.737. The Morgan fingerprint density at radius 3 is 2.71 bits per heavy atom. The van der Waals surface area contributed by atoms with E-state index in [1.165, 1.54) is 0 Å². The molecule has 2 rings (SSSR count). The molecule has 0 aliphatic heterocycles. The van der Waals surface area contributed by atoms with Gasteiger partial charge in [-0.25, -0.2) is 0 Å². The van der Waals surface area contributed by atoms with Gasteiger partial charge < -0.3 is 15.7 Å². The van der Waals surface area contributed by atoms with E-state index in [-0.39, 0.29) is 5.91 Å². The van der Waals surface area contributed by atoms with Crippen LogP contribution in [0.3, 0.4) is 0 Å². The number of anilines is 1. The van der Waals surface area contributed by atoms with Crippen LogP contribution in [0.25, 0.3) is 0 Å². The lowest BCUT2D eigenvalue weighted by atomic mass is 9.80. The van der Waals surface area contributed by atoms with Gasteiger partial charge in [0.1, 0.15) is 0 Å². The molecule has 0 atom stereocenters. The van der Waals surface area contributed by atoms with Gasteiger partial charge in [-0.05, 0) is 31.4 Å². The van der Waals surface area contributed by atoms with E-state index in [0.29, 0.717) is 12.1 Å². The molecule has 1 fully saturated rings. The number of aliphatic hydroxyl groups is 1. The van der Waals surface area contributed by atoms with Crippen molar-refractivity contribution in [3.05, 3.63) is 29.8 Å². The number of rotatable bonds is 4. The predicted octanol–water partition coefficient (Wildman–Crippen LogP) is 1.37. The summed E-state index contributed by atoms with van der Waals surface area (Å²) in [5.41, 5.74) is 0.730. The largest absolute Gasteiger partial charge is 0.388 e. The highest BCUT2D eigenvalue weighted by molar-refractivity contribution is 5.99. The Morgan fingerprint density at radius 2 is 2.12 bits per heavy atom. The summed E-state index contributed by atoms with van der Waals surface area (Å²) in [5.74, 6) is -0.143. The molecule has 1 saturated carbocycles. The fourth-order valence-corrected chi connectivity index (χ4v) is 2.00. The number of amides is 1. The van der Waals surface area contributed by atoms with Crippen molar-refractivity contribution in [2.24, 2.45) is 0 Å². The van der Waals surface area contributed by atoms with E-state index in [1.807, 2.05) is 18.2 Å². The normalized spacial score (nSPS) is 17.1. The molecule has 3 N–H and O–H groups in total. The van der Waals surface area contributed by atoms with Crippen LogP contribution in [0, 0.1) is 0 Å². The standard InChI is InChI=1S/C13H18N2O2/c1-14-11-6-3-2-5-10(11)12(16)15-9-13(17)7-4-8-13/h2-3,5-6,14,17H,4,7-9H2,1H3,(H,15,16). The van der Waals surface area contributed by atoms with Crippen LogP contribution >= 0.6 is 0 Å². The van der Waals surface area contributed by atoms with Gasteiger partial charge in [0.2, 0.25) is 0 Å². The lowest BCUT2D eigenvalue weighted by Crippen LogP contribution is -2.47. The highest BCUT2D eigenvalue weighted by Gasteiger charge is 2.34. The Bertz CT molecular complexity index is 414. The lowest BCUT2D eigenvalue weighted by Gasteiger charge is -2.36. The summed E-state index contributed by atoms with van der Waals surface area (Å²) in [6, 6.07) is 7.33. The molecule has 4 heteroatoms. The molecule has 1 amide bonds. The Kier molecular flexibility index (Phi) is 3.33. The van der Waals surface area contributed by atoms with Gasteiger partial charge in [-0.1, -0.05) is 12.1 Å². The smallest absolute Gasteiger partial charge is 0.253 e. The summed E-state index contributed by atoms with van der Waals surface area (Å²) in [6.07, 6.45) is 2.60. The highest BCUT2D eigenvalue weighted by Crippen LogP contribution is 2.30. The molecule has 0 radical (unpaired) electrons. The maximum absolute atomic E-state index is 11.9. The number of benzene rings is 1. The lowest BCUT2D eigenvalue weighted by molar-refractivity contribution is -0.0300. The number of carbonyl (C=O) groups excluding carboxylic acids is 1. The molecule has 0 unspecified atom stereocenters. The molecule has 1 aliphatic rings.